The second kappa shape index (κ2) is 7.48. The van der Waals surface area contributed by atoms with E-state index in [1.54, 1.807) is 0 Å². The maximum Gasteiger partial charge on any atom is 0.0360 e. The maximum atomic E-state index is 2.56. The number of hydrogen-bond donors (Lipinski definition) is 0. The van der Waals surface area contributed by atoms with Crippen LogP contribution in [0.1, 0.15) is 31.8 Å². The predicted octanol–water partition coefficient (Wildman–Crippen LogP) is 6.12. The summed E-state index contributed by atoms with van der Waals surface area (Å²) in [6, 6.07) is 21.6. The van der Waals surface area contributed by atoms with E-state index in [1.165, 1.54) is 24.0 Å². The van der Waals surface area contributed by atoms with Gasteiger partial charge in [0.05, 0.1) is 0 Å². The van der Waals surface area contributed by atoms with E-state index in [0.717, 1.165) is 0 Å². The minimum Gasteiger partial charge on any atom is -0.0774 e. The Morgan fingerprint density at radius 1 is 0.611 bits per heavy atom. The Labute approximate surface area is 136 Å². The third-order valence-corrected chi connectivity index (χ3v) is 5.68. The van der Waals surface area contributed by atoms with Gasteiger partial charge in [0.15, 0.2) is 0 Å². The number of rotatable bonds is 5. The SMILES string of the molecule is IC(CCC(I)c1ccccc1)c1ccccc1. The lowest BCUT2D eigenvalue weighted by Crippen LogP contribution is -1.94. The van der Waals surface area contributed by atoms with Crippen molar-refractivity contribution in [3.63, 3.8) is 0 Å². The summed E-state index contributed by atoms with van der Waals surface area (Å²) in [6.45, 7) is 0. The van der Waals surface area contributed by atoms with Gasteiger partial charge < -0.3 is 0 Å². The molecule has 0 heterocycles. The Morgan fingerprint density at radius 3 is 1.28 bits per heavy atom. The first-order valence-corrected chi connectivity index (χ1v) is 8.64. The lowest BCUT2D eigenvalue weighted by molar-refractivity contribution is 0.741. The molecule has 0 saturated heterocycles. The molecule has 0 aromatic heterocycles. The van der Waals surface area contributed by atoms with Crippen molar-refractivity contribution in [2.45, 2.75) is 20.7 Å². The van der Waals surface area contributed by atoms with Crippen LogP contribution in [0.5, 0.6) is 0 Å². The summed E-state index contributed by atoms with van der Waals surface area (Å²) in [5.74, 6) is 0. The van der Waals surface area contributed by atoms with Crippen molar-refractivity contribution in [3.8, 4) is 0 Å². The average molecular weight is 462 g/mol. The molecule has 18 heavy (non-hydrogen) atoms. The number of alkyl halides is 2. The summed E-state index contributed by atoms with van der Waals surface area (Å²) in [5.41, 5.74) is 2.88. The first-order chi connectivity index (χ1) is 8.77. The fourth-order valence-corrected chi connectivity index (χ4v) is 3.50. The summed E-state index contributed by atoms with van der Waals surface area (Å²) < 4.78 is 1.23. The Morgan fingerprint density at radius 2 is 0.944 bits per heavy atom. The molecule has 0 N–H and O–H groups in total. The monoisotopic (exact) mass is 462 g/mol. The van der Waals surface area contributed by atoms with Crippen molar-refractivity contribution in [2.75, 3.05) is 0 Å². The molecule has 0 radical (unpaired) electrons. The molecule has 2 heteroatoms. The summed E-state index contributed by atoms with van der Waals surface area (Å²) in [5, 5.41) is 0. The highest BCUT2D eigenvalue weighted by Gasteiger charge is 2.11. The molecular weight excluding hydrogens is 446 g/mol. The maximum absolute atomic E-state index is 2.56. The van der Waals surface area contributed by atoms with Crippen LogP contribution >= 0.6 is 45.2 Å². The van der Waals surface area contributed by atoms with Crippen LogP contribution in [-0.4, -0.2) is 0 Å². The molecule has 2 aromatic carbocycles. The number of halogens is 2. The highest BCUT2D eigenvalue weighted by Crippen LogP contribution is 2.35. The molecular formula is C16H16I2. The van der Waals surface area contributed by atoms with Crippen LogP contribution in [0.25, 0.3) is 0 Å². The molecule has 2 aromatic rings. The fourth-order valence-electron chi connectivity index (χ4n) is 1.95. The lowest BCUT2D eigenvalue weighted by Gasteiger charge is -2.14. The van der Waals surface area contributed by atoms with Crippen molar-refractivity contribution in [1.82, 2.24) is 0 Å². The van der Waals surface area contributed by atoms with Gasteiger partial charge in [0.25, 0.3) is 0 Å². The fraction of sp³-hybridized carbons (Fsp3) is 0.250. The summed E-state index contributed by atoms with van der Waals surface area (Å²) in [6.07, 6.45) is 2.46. The van der Waals surface area contributed by atoms with E-state index < -0.39 is 0 Å². The number of hydrogen-bond acceptors (Lipinski definition) is 0. The van der Waals surface area contributed by atoms with Gasteiger partial charge in [0, 0.05) is 7.85 Å². The molecule has 0 fully saturated rings. The van der Waals surface area contributed by atoms with E-state index in [9.17, 15) is 0 Å². The van der Waals surface area contributed by atoms with E-state index in [0.29, 0.717) is 7.85 Å². The molecule has 2 unspecified atom stereocenters. The zero-order valence-corrected chi connectivity index (χ0v) is 14.4. The second-order valence-corrected chi connectivity index (χ2v) is 7.34. The first-order valence-electron chi connectivity index (χ1n) is 6.15. The molecule has 0 aliphatic carbocycles. The Kier molecular flexibility index (Phi) is 5.95. The van der Waals surface area contributed by atoms with Gasteiger partial charge in [-0.1, -0.05) is 106 Å². The highest BCUT2D eigenvalue weighted by atomic mass is 127. The molecule has 0 spiro atoms. The Bertz CT molecular complexity index is 408. The van der Waals surface area contributed by atoms with Gasteiger partial charge in [-0.25, -0.2) is 0 Å². The van der Waals surface area contributed by atoms with Crippen LogP contribution in [0.4, 0.5) is 0 Å². The third-order valence-electron chi connectivity index (χ3n) is 3.00. The zero-order chi connectivity index (χ0) is 12.8. The highest BCUT2D eigenvalue weighted by molar-refractivity contribution is 14.1. The Balaban J connectivity index is 1.89. The van der Waals surface area contributed by atoms with Crippen LogP contribution in [0.15, 0.2) is 60.7 Å². The molecule has 0 bridgehead atoms. The minimum atomic E-state index is 0.616. The van der Waals surface area contributed by atoms with Crippen molar-refractivity contribution in [1.29, 1.82) is 0 Å². The van der Waals surface area contributed by atoms with Gasteiger partial charge in [0.1, 0.15) is 0 Å². The molecule has 0 saturated carbocycles. The summed E-state index contributed by atoms with van der Waals surface area (Å²) in [4.78, 5) is 0. The topological polar surface area (TPSA) is 0 Å². The van der Waals surface area contributed by atoms with Crippen LogP contribution in [0.3, 0.4) is 0 Å². The summed E-state index contributed by atoms with van der Waals surface area (Å²) in [7, 11) is 0. The van der Waals surface area contributed by atoms with Crippen LogP contribution in [-0.2, 0) is 0 Å². The van der Waals surface area contributed by atoms with Gasteiger partial charge >= 0.3 is 0 Å². The predicted molar refractivity (Wildman–Crippen MR) is 95.6 cm³/mol. The lowest BCUT2D eigenvalue weighted by atomic mass is 10.0. The molecule has 0 aliphatic heterocycles. The zero-order valence-electron chi connectivity index (χ0n) is 10.1. The van der Waals surface area contributed by atoms with Crippen LogP contribution in [0, 0.1) is 0 Å². The molecule has 0 aliphatic rings. The van der Waals surface area contributed by atoms with E-state index in [-0.39, 0.29) is 0 Å². The van der Waals surface area contributed by atoms with Gasteiger partial charge in [-0.2, -0.15) is 0 Å². The minimum absolute atomic E-state index is 0.616. The standard InChI is InChI=1S/C16H16I2/c17-15(13-7-3-1-4-8-13)11-12-16(18)14-9-5-2-6-10-14/h1-10,15-16H,11-12H2. The van der Waals surface area contributed by atoms with E-state index in [2.05, 4.69) is 106 Å². The quantitative estimate of drug-likeness (QED) is 0.371. The molecule has 0 nitrogen and oxygen atoms in total. The molecule has 2 rings (SSSR count). The van der Waals surface area contributed by atoms with Crippen LogP contribution in [0.2, 0.25) is 0 Å². The van der Waals surface area contributed by atoms with E-state index in [1.807, 2.05) is 0 Å². The van der Waals surface area contributed by atoms with E-state index in [4.69, 9.17) is 0 Å². The third kappa shape index (κ3) is 4.23. The van der Waals surface area contributed by atoms with Gasteiger partial charge in [-0.05, 0) is 24.0 Å². The second-order valence-electron chi connectivity index (χ2n) is 4.33. The average Bonchev–Trinajstić information content (AvgIpc) is 2.46. The van der Waals surface area contributed by atoms with Crippen molar-refractivity contribution in [2.24, 2.45) is 0 Å². The van der Waals surface area contributed by atoms with Gasteiger partial charge in [0.2, 0.25) is 0 Å². The van der Waals surface area contributed by atoms with Crippen molar-refractivity contribution < 1.29 is 0 Å². The van der Waals surface area contributed by atoms with Crippen molar-refractivity contribution in [3.05, 3.63) is 71.8 Å². The van der Waals surface area contributed by atoms with Crippen LogP contribution < -0.4 is 0 Å². The molecule has 2 atom stereocenters. The molecule has 94 valence electrons. The smallest absolute Gasteiger partial charge is 0.0360 e. The van der Waals surface area contributed by atoms with Gasteiger partial charge in [-0.3, -0.25) is 0 Å². The summed E-state index contributed by atoms with van der Waals surface area (Å²) >= 11 is 5.11. The normalized spacial score (nSPS) is 14.1. The van der Waals surface area contributed by atoms with E-state index >= 15 is 0 Å². The van der Waals surface area contributed by atoms with Crippen molar-refractivity contribution >= 4 is 45.2 Å². The van der Waals surface area contributed by atoms with Gasteiger partial charge in [-0.15, -0.1) is 0 Å². The first kappa shape index (κ1) is 14.3. The Hall–Kier alpha value is -0.1000. The largest absolute Gasteiger partial charge is 0.0774 e. The number of benzene rings is 2. The molecule has 0 amide bonds.